The van der Waals surface area contributed by atoms with E-state index in [1.54, 1.807) is 24.3 Å². The summed E-state index contributed by atoms with van der Waals surface area (Å²) in [5.74, 6) is 0.149. The number of carbonyl (C=O) groups is 2. The number of aromatic nitrogens is 1. The number of ketones is 1. The molecule has 1 aliphatic rings. The third kappa shape index (κ3) is 4.65. The van der Waals surface area contributed by atoms with Crippen LogP contribution in [0, 0.1) is 5.92 Å². The highest BCUT2D eigenvalue weighted by Crippen LogP contribution is 2.24. The van der Waals surface area contributed by atoms with Crippen molar-refractivity contribution in [2.75, 3.05) is 13.1 Å². The van der Waals surface area contributed by atoms with Gasteiger partial charge in [-0.2, -0.15) is 0 Å². The van der Waals surface area contributed by atoms with Gasteiger partial charge in [-0.05, 0) is 61.2 Å². The van der Waals surface area contributed by atoms with Gasteiger partial charge in [0.1, 0.15) is 5.69 Å². The van der Waals surface area contributed by atoms with Gasteiger partial charge in [0.05, 0.1) is 0 Å². The molecule has 1 fully saturated rings. The van der Waals surface area contributed by atoms with Gasteiger partial charge in [0, 0.05) is 42.3 Å². The summed E-state index contributed by atoms with van der Waals surface area (Å²) in [5.41, 5.74) is 2.67. The first-order chi connectivity index (χ1) is 14.6. The van der Waals surface area contributed by atoms with E-state index in [4.69, 9.17) is 11.6 Å². The number of rotatable bonds is 6. The first-order valence-corrected chi connectivity index (χ1v) is 10.8. The molecule has 4 nitrogen and oxygen atoms in total. The van der Waals surface area contributed by atoms with Crippen molar-refractivity contribution < 1.29 is 9.59 Å². The van der Waals surface area contributed by atoms with Crippen LogP contribution in [-0.2, 0) is 13.0 Å². The molecule has 2 heterocycles. The first kappa shape index (κ1) is 20.4. The van der Waals surface area contributed by atoms with Gasteiger partial charge < -0.3 is 9.47 Å². The molecule has 3 aromatic rings. The Balaban J connectivity index is 1.35. The van der Waals surface area contributed by atoms with Crippen molar-refractivity contribution in [3.05, 3.63) is 94.8 Å². The van der Waals surface area contributed by atoms with Crippen LogP contribution in [0.4, 0.5) is 0 Å². The fourth-order valence-electron chi connectivity index (χ4n) is 4.05. The number of hydrogen-bond acceptors (Lipinski definition) is 2. The van der Waals surface area contributed by atoms with Crippen LogP contribution in [0.2, 0.25) is 5.02 Å². The van der Waals surface area contributed by atoms with Crippen LogP contribution in [0.5, 0.6) is 0 Å². The van der Waals surface area contributed by atoms with Crippen molar-refractivity contribution in [3.63, 3.8) is 0 Å². The highest BCUT2D eigenvalue weighted by Gasteiger charge is 2.29. The summed E-state index contributed by atoms with van der Waals surface area (Å²) >= 11 is 5.92. The summed E-state index contributed by atoms with van der Waals surface area (Å²) in [5, 5.41) is 0.627. The molecule has 0 atom stereocenters. The number of amides is 1. The monoisotopic (exact) mass is 420 g/mol. The summed E-state index contributed by atoms with van der Waals surface area (Å²) < 4.78 is 2.03. The minimum atomic E-state index is -0.0416. The molecule has 1 aromatic heterocycles. The predicted octanol–water partition coefficient (Wildman–Crippen LogP) is 5.12. The lowest BCUT2D eigenvalue weighted by molar-refractivity contribution is 0.0641. The number of piperidine rings is 1. The van der Waals surface area contributed by atoms with Gasteiger partial charge in [-0.25, -0.2) is 0 Å². The maximum Gasteiger partial charge on any atom is 0.270 e. The number of Topliss-reactive ketones (excluding diaryl/α,β-unsaturated/α-hetero) is 1. The first-order valence-electron chi connectivity index (χ1n) is 10.4. The Kier molecular flexibility index (Phi) is 6.34. The second kappa shape index (κ2) is 9.31. The lowest BCUT2D eigenvalue weighted by Gasteiger charge is -2.31. The summed E-state index contributed by atoms with van der Waals surface area (Å²) in [7, 11) is 0. The van der Waals surface area contributed by atoms with Crippen molar-refractivity contribution in [3.8, 4) is 0 Å². The van der Waals surface area contributed by atoms with Gasteiger partial charge in [-0.3, -0.25) is 9.59 Å². The molecule has 0 unspecified atom stereocenters. The minimum Gasteiger partial charge on any atom is -0.343 e. The highest BCUT2D eigenvalue weighted by molar-refractivity contribution is 6.30. The van der Waals surface area contributed by atoms with Crippen molar-refractivity contribution >= 4 is 23.3 Å². The van der Waals surface area contributed by atoms with E-state index in [0.29, 0.717) is 42.2 Å². The Morgan fingerprint density at radius 1 is 0.900 bits per heavy atom. The molecule has 0 aliphatic carbocycles. The maximum absolute atomic E-state index is 13.1. The zero-order valence-electron chi connectivity index (χ0n) is 16.8. The lowest BCUT2D eigenvalue weighted by atomic mass is 9.89. The van der Waals surface area contributed by atoms with E-state index in [9.17, 15) is 9.59 Å². The quantitative estimate of drug-likeness (QED) is 0.519. The number of nitrogens with zero attached hydrogens (tertiary/aromatic N) is 2. The summed E-state index contributed by atoms with van der Waals surface area (Å²) in [6.45, 7) is 1.98. The molecule has 0 N–H and O–H groups in total. The number of aryl methyl sites for hydroxylation is 2. The van der Waals surface area contributed by atoms with E-state index >= 15 is 0 Å². The molecule has 1 saturated heterocycles. The second-order valence-corrected chi connectivity index (χ2v) is 8.20. The standard InChI is InChI=1S/C25H25ClN2O2/c26-22-10-8-20(9-11-22)24(29)21-13-17-28(18-14-21)25(30)23-7-4-15-27(23)16-12-19-5-2-1-3-6-19/h1-11,15,21H,12-14,16-18H2. The van der Waals surface area contributed by atoms with Gasteiger partial charge >= 0.3 is 0 Å². The van der Waals surface area contributed by atoms with E-state index in [-0.39, 0.29) is 17.6 Å². The Morgan fingerprint density at radius 3 is 2.30 bits per heavy atom. The van der Waals surface area contributed by atoms with E-state index in [1.165, 1.54) is 5.56 Å². The molecule has 0 radical (unpaired) electrons. The topological polar surface area (TPSA) is 42.3 Å². The summed E-state index contributed by atoms with van der Waals surface area (Å²) in [4.78, 5) is 27.7. The smallest absolute Gasteiger partial charge is 0.270 e. The van der Waals surface area contributed by atoms with Gasteiger partial charge in [-0.15, -0.1) is 0 Å². The Labute approximate surface area is 182 Å². The molecule has 1 amide bonds. The zero-order chi connectivity index (χ0) is 20.9. The maximum atomic E-state index is 13.1. The van der Waals surface area contributed by atoms with Crippen LogP contribution in [-0.4, -0.2) is 34.2 Å². The van der Waals surface area contributed by atoms with Crippen LogP contribution in [0.3, 0.4) is 0 Å². The number of benzene rings is 2. The van der Waals surface area contributed by atoms with Gasteiger partial charge in [0.2, 0.25) is 0 Å². The molecule has 5 heteroatoms. The Morgan fingerprint density at radius 2 is 1.60 bits per heavy atom. The summed E-state index contributed by atoms with van der Waals surface area (Å²) in [6.07, 6.45) is 4.23. The number of carbonyl (C=O) groups excluding carboxylic acids is 2. The van der Waals surface area contributed by atoms with Crippen LogP contribution >= 0.6 is 11.6 Å². The van der Waals surface area contributed by atoms with Gasteiger partial charge in [0.25, 0.3) is 5.91 Å². The van der Waals surface area contributed by atoms with E-state index in [0.717, 1.165) is 13.0 Å². The van der Waals surface area contributed by atoms with Crippen molar-refractivity contribution in [2.45, 2.75) is 25.8 Å². The molecular formula is C25H25ClN2O2. The molecule has 0 saturated carbocycles. The number of hydrogen-bond donors (Lipinski definition) is 0. The van der Waals surface area contributed by atoms with Crippen molar-refractivity contribution in [1.29, 1.82) is 0 Å². The Bertz CT molecular complexity index is 1000. The van der Waals surface area contributed by atoms with Crippen LogP contribution < -0.4 is 0 Å². The van der Waals surface area contributed by atoms with Crippen LogP contribution in [0.1, 0.15) is 39.3 Å². The molecule has 154 valence electrons. The molecule has 4 rings (SSSR count). The molecule has 30 heavy (non-hydrogen) atoms. The highest BCUT2D eigenvalue weighted by atomic mass is 35.5. The number of halogens is 1. The molecule has 1 aliphatic heterocycles. The van der Waals surface area contributed by atoms with Gasteiger partial charge in [0.15, 0.2) is 5.78 Å². The number of likely N-dealkylation sites (tertiary alicyclic amines) is 1. The molecule has 0 bridgehead atoms. The van der Waals surface area contributed by atoms with E-state index in [2.05, 4.69) is 12.1 Å². The fourth-order valence-corrected chi connectivity index (χ4v) is 4.18. The SMILES string of the molecule is O=C(c1ccc(Cl)cc1)C1CCN(C(=O)c2cccn2CCc2ccccc2)CC1. The third-order valence-electron chi connectivity index (χ3n) is 5.81. The van der Waals surface area contributed by atoms with Crippen LogP contribution in [0.15, 0.2) is 72.9 Å². The Hall–Kier alpha value is -2.85. The zero-order valence-corrected chi connectivity index (χ0v) is 17.6. The second-order valence-electron chi connectivity index (χ2n) is 7.76. The van der Waals surface area contributed by atoms with Crippen LogP contribution in [0.25, 0.3) is 0 Å². The average molecular weight is 421 g/mol. The predicted molar refractivity (Wildman–Crippen MR) is 119 cm³/mol. The average Bonchev–Trinajstić information content (AvgIpc) is 3.27. The third-order valence-corrected chi connectivity index (χ3v) is 6.07. The van der Waals surface area contributed by atoms with Crippen molar-refractivity contribution in [2.24, 2.45) is 5.92 Å². The molecule has 0 spiro atoms. The largest absolute Gasteiger partial charge is 0.343 e. The van der Waals surface area contributed by atoms with Gasteiger partial charge in [-0.1, -0.05) is 41.9 Å². The molecular weight excluding hydrogens is 396 g/mol. The fraction of sp³-hybridized carbons (Fsp3) is 0.280. The normalized spacial score (nSPS) is 14.6. The summed E-state index contributed by atoms with van der Waals surface area (Å²) in [6, 6.07) is 21.2. The lowest BCUT2D eigenvalue weighted by Crippen LogP contribution is -2.41. The van der Waals surface area contributed by atoms with Crippen molar-refractivity contribution in [1.82, 2.24) is 9.47 Å². The van der Waals surface area contributed by atoms with E-state index in [1.807, 2.05) is 46.0 Å². The minimum absolute atomic E-state index is 0.0416. The van der Waals surface area contributed by atoms with E-state index < -0.39 is 0 Å². The molecule has 2 aromatic carbocycles.